The number of amides is 2. The maximum atomic E-state index is 12.5. The molecule has 1 heterocycles. The fourth-order valence-electron chi connectivity index (χ4n) is 1.71. The summed E-state index contributed by atoms with van der Waals surface area (Å²) >= 11 is 0. The number of nitrogens with one attached hydrogen (secondary N) is 1. The van der Waals surface area contributed by atoms with Gasteiger partial charge in [0.2, 0.25) is 0 Å². The number of carbonyl (C=O) groups excluding carboxylic acids is 1. The van der Waals surface area contributed by atoms with Crippen LogP contribution in [0.15, 0.2) is 0 Å². The predicted octanol–water partition coefficient (Wildman–Crippen LogP) is 1.35. The SMILES string of the molecule is O=C1NCCN1CC1(C(F)(F)F)CC1. The zero-order valence-corrected chi connectivity index (χ0v) is 7.52. The lowest BCUT2D eigenvalue weighted by Crippen LogP contribution is -2.40. The molecule has 1 aliphatic heterocycles. The standard InChI is InChI=1S/C8H11F3N2O/c9-8(10,11)7(1-2-7)5-13-4-3-12-6(13)14/h1-5H2,(H,12,14). The summed E-state index contributed by atoms with van der Waals surface area (Å²) in [5.41, 5.74) is -1.60. The van der Waals surface area contributed by atoms with Crippen LogP contribution in [0, 0.1) is 5.41 Å². The van der Waals surface area contributed by atoms with Crippen molar-refractivity contribution < 1.29 is 18.0 Å². The summed E-state index contributed by atoms with van der Waals surface area (Å²) in [7, 11) is 0. The second kappa shape index (κ2) is 2.77. The van der Waals surface area contributed by atoms with Crippen LogP contribution in [0.2, 0.25) is 0 Å². The highest BCUT2D eigenvalue weighted by atomic mass is 19.4. The molecule has 0 aromatic rings. The average Bonchev–Trinajstić information content (AvgIpc) is 2.73. The Morgan fingerprint density at radius 2 is 2.07 bits per heavy atom. The Bertz CT molecular complexity index is 260. The smallest absolute Gasteiger partial charge is 0.336 e. The minimum Gasteiger partial charge on any atom is -0.336 e. The van der Waals surface area contributed by atoms with E-state index in [0.717, 1.165) is 0 Å². The molecule has 80 valence electrons. The third kappa shape index (κ3) is 1.42. The molecule has 1 saturated heterocycles. The van der Waals surface area contributed by atoms with Crippen LogP contribution in [0.3, 0.4) is 0 Å². The van der Waals surface area contributed by atoms with Crippen molar-refractivity contribution in [3.8, 4) is 0 Å². The highest BCUT2D eigenvalue weighted by Crippen LogP contribution is 2.57. The fourth-order valence-corrected chi connectivity index (χ4v) is 1.71. The summed E-state index contributed by atoms with van der Waals surface area (Å²) in [6.07, 6.45) is -3.86. The fraction of sp³-hybridized carbons (Fsp3) is 0.875. The van der Waals surface area contributed by atoms with Gasteiger partial charge in [-0.1, -0.05) is 0 Å². The molecular weight excluding hydrogens is 197 g/mol. The van der Waals surface area contributed by atoms with Gasteiger partial charge in [-0.25, -0.2) is 4.79 Å². The van der Waals surface area contributed by atoms with Gasteiger partial charge in [0.1, 0.15) is 0 Å². The molecule has 2 rings (SSSR count). The van der Waals surface area contributed by atoms with Crippen molar-refractivity contribution >= 4 is 6.03 Å². The van der Waals surface area contributed by atoms with Gasteiger partial charge in [-0.3, -0.25) is 0 Å². The van der Waals surface area contributed by atoms with Crippen LogP contribution in [0.4, 0.5) is 18.0 Å². The first kappa shape index (κ1) is 9.61. The van der Waals surface area contributed by atoms with Gasteiger partial charge in [-0.05, 0) is 12.8 Å². The molecule has 14 heavy (non-hydrogen) atoms. The predicted molar refractivity (Wildman–Crippen MR) is 42.7 cm³/mol. The highest BCUT2D eigenvalue weighted by molar-refractivity contribution is 5.76. The van der Waals surface area contributed by atoms with E-state index in [9.17, 15) is 18.0 Å². The second-order valence-electron chi connectivity index (χ2n) is 3.93. The van der Waals surface area contributed by atoms with E-state index in [1.165, 1.54) is 4.90 Å². The molecule has 6 heteroatoms. The normalized spacial score (nSPS) is 25.1. The van der Waals surface area contributed by atoms with Crippen LogP contribution >= 0.6 is 0 Å². The van der Waals surface area contributed by atoms with E-state index < -0.39 is 11.6 Å². The molecule has 0 bridgehead atoms. The minimum atomic E-state index is -4.17. The monoisotopic (exact) mass is 208 g/mol. The number of hydrogen-bond acceptors (Lipinski definition) is 1. The summed E-state index contributed by atoms with van der Waals surface area (Å²) in [5, 5.41) is 2.49. The van der Waals surface area contributed by atoms with Crippen molar-refractivity contribution in [2.75, 3.05) is 19.6 Å². The number of carbonyl (C=O) groups is 1. The van der Waals surface area contributed by atoms with E-state index in [4.69, 9.17) is 0 Å². The Morgan fingerprint density at radius 1 is 1.43 bits per heavy atom. The minimum absolute atomic E-state index is 0.153. The quantitative estimate of drug-likeness (QED) is 0.730. The van der Waals surface area contributed by atoms with Gasteiger partial charge in [0.15, 0.2) is 0 Å². The zero-order valence-electron chi connectivity index (χ0n) is 7.52. The lowest BCUT2D eigenvalue weighted by molar-refractivity contribution is -0.189. The highest BCUT2D eigenvalue weighted by Gasteiger charge is 2.64. The molecule has 1 aliphatic carbocycles. The Labute approximate surface area is 79.3 Å². The number of hydrogen-bond donors (Lipinski definition) is 1. The van der Waals surface area contributed by atoms with Crippen LogP contribution < -0.4 is 5.32 Å². The number of alkyl halides is 3. The van der Waals surface area contributed by atoms with Crippen molar-refractivity contribution in [1.82, 2.24) is 10.2 Å². The molecule has 1 saturated carbocycles. The lowest BCUT2D eigenvalue weighted by atomic mass is 10.1. The van der Waals surface area contributed by atoms with Crippen LogP contribution in [0.5, 0.6) is 0 Å². The van der Waals surface area contributed by atoms with E-state index >= 15 is 0 Å². The Hall–Kier alpha value is -0.940. The summed E-state index contributed by atoms with van der Waals surface area (Å²) in [5.74, 6) is 0. The molecule has 0 aromatic carbocycles. The van der Waals surface area contributed by atoms with E-state index in [0.29, 0.717) is 13.1 Å². The molecule has 3 nitrogen and oxygen atoms in total. The maximum absolute atomic E-state index is 12.5. The summed E-state index contributed by atoms with van der Waals surface area (Å²) in [6, 6.07) is -0.375. The maximum Gasteiger partial charge on any atom is 0.396 e. The molecule has 0 spiro atoms. The number of urea groups is 1. The van der Waals surface area contributed by atoms with Crippen LogP contribution in [0.25, 0.3) is 0 Å². The Morgan fingerprint density at radius 3 is 2.43 bits per heavy atom. The molecule has 2 fully saturated rings. The number of rotatable bonds is 2. The number of halogens is 3. The Kier molecular flexibility index (Phi) is 1.90. The van der Waals surface area contributed by atoms with Crippen molar-refractivity contribution in [3.05, 3.63) is 0 Å². The molecule has 0 atom stereocenters. The topological polar surface area (TPSA) is 32.3 Å². The van der Waals surface area contributed by atoms with Gasteiger partial charge < -0.3 is 10.2 Å². The summed E-state index contributed by atoms with van der Waals surface area (Å²) in [6.45, 7) is 0.658. The largest absolute Gasteiger partial charge is 0.396 e. The third-order valence-electron chi connectivity index (χ3n) is 2.89. The first-order valence-electron chi connectivity index (χ1n) is 4.54. The molecule has 2 amide bonds. The summed E-state index contributed by atoms with van der Waals surface area (Å²) in [4.78, 5) is 12.3. The van der Waals surface area contributed by atoms with E-state index in [-0.39, 0.29) is 25.4 Å². The van der Waals surface area contributed by atoms with Crippen LogP contribution in [-0.4, -0.2) is 36.7 Å². The average molecular weight is 208 g/mol. The van der Waals surface area contributed by atoms with Gasteiger partial charge in [0.05, 0.1) is 5.41 Å². The molecule has 2 aliphatic rings. The van der Waals surface area contributed by atoms with Crippen molar-refractivity contribution in [2.24, 2.45) is 5.41 Å². The first-order valence-corrected chi connectivity index (χ1v) is 4.54. The van der Waals surface area contributed by atoms with Gasteiger partial charge in [0, 0.05) is 19.6 Å². The molecular formula is C8H11F3N2O. The second-order valence-corrected chi connectivity index (χ2v) is 3.93. The van der Waals surface area contributed by atoms with E-state index in [1.54, 1.807) is 0 Å². The zero-order chi connectivity index (χ0) is 10.4. The Balaban J connectivity index is 2.00. The third-order valence-corrected chi connectivity index (χ3v) is 2.89. The van der Waals surface area contributed by atoms with Crippen LogP contribution in [-0.2, 0) is 0 Å². The van der Waals surface area contributed by atoms with Crippen LogP contribution in [0.1, 0.15) is 12.8 Å². The molecule has 0 unspecified atom stereocenters. The van der Waals surface area contributed by atoms with Crippen molar-refractivity contribution in [3.63, 3.8) is 0 Å². The lowest BCUT2D eigenvalue weighted by Gasteiger charge is -2.24. The van der Waals surface area contributed by atoms with Gasteiger partial charge in [-0.15, -0.1) is 0 Å². The first-order chi connectivity index (χ1) is 6.45. The van der Waals surface area contributed by atoms with Crippen molar-refractivity contribution in [2.45, 2.75) is 19.0 Å². The van der Waals surface area contributed by atoms with Gasteiger partial charge >= 0.3 is 12.2 Å². The summed E-state index contributed by atoms with van der Waals surface area (Å²) < 4.78 is 37.6. The van der Waals surface area contributed by atoms with E-state index in [1.807, 2.05) is 0 Å². The van der Waals surface area contributed by atoms with Gasteiger partial charge in [0.25, 0.3) is 0 Å². The number of nitrogens with zero attached hydrogens (tertiary/aromatic N) is 1. The molecule has 0 radical (unpaired) electrons. The molecule has 1 N–H and O–H groups in total. The van der Waals surface area contributed by atoms with Crippen molar-refractivity contribution in [1.29, 1.82) is 0 Å². The van der Waals surface area contributed by atoms with Gasteiger partial charge in [-0.2, -0.15) is 13.2 Å². The molecule has 0 aromatic heterocycles. The van der Waals surface area contributed by atoms with E-state index in [2.05, 4.69) is 5.32 Å².